The zero-order valence-electron chi connectivity index (χ0n) is 15.3. The quantitative estimate of drug-likeness (QED) is 0.677. The van der Waals surface area contributed by atoms with Gasteiger partial charge in [0.25, 0.3) is 5.91 Å². The number of amides is 1. The van der Waals surface area contributed by atoms with Gasteiger partial charge in [0, 0.05) is 12.1 Å². The molecule has 1 aliphatic rings. The highest BCUT2D eigenvalue weighted by atomic mass is 35.5. The average molecular weight is 422 g/mol. The fourth-order valence-electron chi connectivity index (χ4n) is 3.25. The molecule has 6 nitrogen and oxygen atoms in total. The van der Waals surface area contributed by atoms with Gasteiger partial charge in [-0.05, 0) is 62.0 Å². The summed E-state index contributed by atoms with van der Waals surface area (Å²) in [5, 5.41) is 12.8. The Bertz CT molecular complexity index is 928. The molecular formula is C19H21ClFN5OS. The Morgan fingerprint density at radius 3 is 2.79 bits per heavy atom. The second-order valence-electron chi connectivity index (χ2n) is 6.67. The zero-order chi connectivity index (χ0) is 18.8. The lowest BCUT2D eigenvalue weighted by Crippen LogP contribution is -2.46. The topological polar surface area (TPSA) is 71.8 Å². The number of carbonyl (C=O) groups is 1. The van der Waals surface area contributed by atoms with Crippen LogP contribution in [0.5, 0.6) is 0 Å². The van der Waals surface area contributed by atoms with Crippen LogP contribution in [0.4, 0.5) is 4.39 Å². The van der Waals surface area contributed by atoms with Gasteiger partial charge < -0.3 is 10.6 Å². The van der Waals surface area contributed by atoms with Crippen molar-refractivity contribution in [3.05, 3.63) is 53.4 Å². The largest absolute Gasteiger partial charge is 0.346 e. The molecule has 2 aromatic heterocycles. The molecule has 1 aromatic carbocycles. The molecule has 0 aliphatic carbocycles. The lowest BCUT2D eigenvalue weighted by Gasteiger charge is -2.28. The highest BCUT2D eigenvalue weighted by Crippen LogP contribution is 2.25. The Labute approximate surface area is 172 Å². The summed E-state index contributed by atoms with van der Waals surface area (Å²) in [5.41, 5.74) is 0.654. The minimum Gasteiger partial charge on any atom is -0.346 e. The number of hydrogen-bond donors (Lipinski definition) is 2. The molecule has 148 valence electrons. The van der Waals surface area contributed by atoms with Gasteiger partial charge in [0.05, 0.1) is 10.6 Å². The van der Waals surface area contributed by atoms with Crippen LogP contribution < -0.4 is 10.6 Å². The Morgan fingerprint density at radius 2 is 2.11 bits per heavy atom. The first-order valence-electron chi connectivity index (χ1n) is 8.91. The van der Waals surface area contributed by atoms with Crippen LogP contribution in [0.2, 0.25) is 0 Å². The smallest absolute Gasteiger partial charge is 0.291 e. The fraction of sp³-hybridized carbons (Fsp3) is 0.316. The molecule has 1 fully saturated rings. The molecule has 0 bridgehead atoms. The summed E-state index contributed by atoms with van der Waals surface area (Å²) in [6.45, 7) is 2.98. The molecule has 1 amide bonds. The minimum absolute atomic E-state index is 0. The maximum absolute atomic E-state index is 13.3. The maximum Gasteiger partial charge on any atom is 0.291 e. The Morgan fingerprint density at radius 1 is 1.32 bits per heavy atom. The third-order valence-electron chi connectivity index (χ3n) is 4.58. The second kappa shape index (κ2) is 8.81. The number of benzene rings is 1. The normalized spacial score (nSPS) is 19.1. The van der Waals surface area contributed by atoms with Crippen molar-refractivity contribution in [2.45, 2.75) is 31.8 Å². The molecule has 2 unspecified atom stereocenters. The molecule has 0 saturated carbocycles. The monoisotopic (exact) mass is 421 g/mol. The van der Waals surface area contributed by atoms with Crippen molar-refractivity contribution >= 4 is 29.7 Å². The molecule has 0 spiro atoms. The third-order valence-corrected chi connectivity index (χ3v) is 5.45. The van der Waals surface area contributed by atoms with Crippen LogP contribution in [0, 0.1) is 5.82 Å². The van der Waals surface area contributed by atoms with Gasteiger partial charge in [0.15, 0.2) is 5.82 Å². The summed E-state index contributed by atoms with van der Waals surface area (Å²) in [4.78, 5) is 18.1. The Balaban J connectivity index is 0.00000225. The number of aromatic nitrogens is 3. The van der Waals surface area contributed by atoms with Crippen LogP contribution in [-0.2, 0) is 0 Å². The molecule has 1 saturated heterocycles. The van der Waals surface area contributed by atoms with E-state index in [0.717, 1.165) is 24.3 Å². The first kappa shape index (κ1) is 20.4. The van der Waals surface area contributed by atoms with E-state index in [0.29, 0.717) is 17.6 Å². The van der Waals surface area contributed by atoms with Crippen molar-refractivity contribution in [3.8, 4) is 16.4 Å². The third kappa shape index (κ3) is 4.40. The van der Waals surface area contributed by atoms with Gasteiger partial charge in [0.1, 0.15) is 5.82 Å². The molecule has 4 rings (SSSR count). The van der Waals surface area contributed by atoms with Gasteiger partial charge in [-0.25, -0.2) is 14.1 Å². The van der Waals surface area contributed by atoms with Crippen molar-refractivity contribution in [3.63, 3.8) is 0 Å². The number of carbonyl (C=O) groups excluding carboxylic acids is 1. The van der Waals surface area contributed by atoms with Crippen molar-refractivity contribution in [2.24, 2.45) is 0 Å². The number of nitrogens with zero attached hydrogens (tertiary/aromatic N) is 3. The summed E-state index contributed by atoms with van der Waals surface area (Å²) in [7, 11) is 0. The average Bonchev–Trinajstić information content (AvgIpc) is 3.32. The summed E-state index contributed by atoms with van der Waals surface area (Å²) in [6, 6.07) is 10.3. The SMILES string of the molecule is CC1CC(NC(=O)c2nc(-c3cccs3)n(-c3ccc(F)cc3)n2)CCN1.Cl. The van der Waals surface area contributed by atoms with Gasteiger partial charge in [0.2, 0.25) is 5.82 Å². The van der Waals surface area contributed by atoms with Gasteiger partial charge in [-0.3, -0.25) is 4.79 Å². The number of rotatable bonds is 4. The van der Waals surface area contributed by atoms with Crippen LogP contribution >= 0.6 is 23.7 Å². The number of hydrogen-bond acceptors (Lipinski definition) is 5. The van der Waals surface area contributed by atoms with Gasteiger partial charge in [-0.15, -0.1) is 28.8 Å². The van der Waals surface area contributed by atoms with Crippen LogP contribution in [0.15, 0.2) is 41.8 Å². The minimum atomic E-state index is -0.325. The first-order chi connectivity index (χ1) is 13.1. The summed E-state index contributed by atoms with van der Waals surface area (Å²) < 4.78 is 14.9. The summed E-state index contributed by atoms with van der Waals surface area (Å²) in [6.07, 6.45) is 1.76. The standard InChI is InChI=1S/C19H20FN5OS.ClH/c1-12-11-14(8-9-21-12)22-19(26)17-23-18(16-3-2-10-27-16)25(24-17)15-6-4-13(20)5-7-15;/h2-7,10,12,14,21H,8-9,11H2,1H3,(H,22,26);1H. The molecule has 9 heteroatoms. The number of thiophene rings is 1. The first-order valence-corrected chi connectivity index (χ1v) is 9.79. The predicted molar refractivity (Wildman–Crippen MR) is 110 cm³/mol. The van der Waals surface area contributed by atoms with E-state index in [1.54, 1.807) is 16.8 Å². The molecule has 2 N–H and O–H groups in total. The van der Waals surface area contributed by atoms with E-state index < -0.39 is 0 Å². The van der Waals surface area contributed by atoms with Crippen molar-refractivity contribution in [1.29, 1.82) is 0 Å². The van der Waals surface area contributed by atoms with E-state index in [1.807, 2.05) is 17.5 Å². The van der Waals surface area contributed by atoms with Crippen LogP contribution in [0.3, 0.4) is 0 Å². The van der Waals surface area contributed by atoms with E-state index >= 15 is 0 Å². The highest BCUT2D eigenvalue weighted by molar-refractivity contribution is 7.13. The maximum atomic E-state index is 13.3. The van der Waals surface area contributed by atoms with Crippen molar-refractivity contribution in [2.75, 3.05) is 6.54 Å². The van der Waals surface area contributed by atoms with Gasteiger partial charge >= 0.3 is 0 Å². The van der Waals surface area contributed by atoms with Crippen LogP contribution in [0.1, 0.15) is 30.4 Å². The van der Waals surface area contributed by atoms with Crippen molar-refractivity contribution in [1.82, 2.24) is 25.4 Å². The Kier molecular flexibility index (Phi) is 6.43. The molecule has 0 radical (unpaired) electrons. The Hall–Kier alpha value is -2.29. The van der Waals surface area contributed by atoms with Crippen molar-refractivity contribution < 1.29 is 9.18 Å². The van der Waals surface area contributed by atoms with E-state index in [1.165, 1.54) is 23.5 Å². The molecule has 3 aromatic rings. The summed E-state index contributed by atoms with van der Waals surface area (Å²) in [5.74, 6) is 0.0802. The lowest BCUT2D eigenvalue weighted by atomic mass is 10.0. The number of piperidine rings is 1. The van der Waals surface area contributed by atoms with E-state index in [2.05, 4.69) is 27.6 Å². The zero-order valence-corrected chi connectivity index (χ0v) is 16.9. The molecule has 3 heterocycles. The van der Waals surface area contributed by atoms with E-state index in [4.69, 9.17) is 0 Å². The van der Waals surface area contributed by atoms with Crippen LogP contribution in [0.25, 0.3) is 16.4 Å². The predicted octanol–water partition coefficient (Wildman–Crippen LogP) is 3.43. The van der Waals surface area contributed by atoms with Crippen LogP contribution in [-0.4, -0.2) is 39.3 Å². The number of nitrogens with one attached hydrogen (secondary N) is 2. The second-order valence-corrected chi connectivity index (χ2v) is 7.62. The molecule has 28 heavy (non-hydrogen) atoms. The number of halogens is 2. The highest BCUT2D eigenvalue weighted by Gasteiger charge is 2.24. The van der Waals surface area contributed by atoms with Gasteiger partial charge in [-0.1, -0.05) is 6.07 Å². The van der Waals surface area contributed by atoms with E-state index in [9.17, 15) is 9.18 Å². The fourth-order valence-corrected chi connectivity index (χ4v) is 3.95. The summed E-state index contributed by atoms with van der Waals surface area (Å²) >= 11 is 1.51. The van der Waals surface area contributed by atoms with E-state index in [-0.39, 0.29) is 36.0 Å². The molecular weight excluding hydrogens is 401 g/mol. The molecule has 1 aliphatic heterocycles. The van der Waals surface area contributed by atoms with Gasteiger partial charge in [-0.2, -0.15) is 0 Å². The molecule has 2 atom stereocenters. The lowest BCUT2D eigenvalue weighted by molar-refractivity contribution is 0.0915.